The van der Waals surface area contributed by atoms with E-state index >= 15 is 0 Å². The number of anilines is 1. The van der Waals surface area contributed by atoms with Gasteiger partial charge in [-0.1, -0.05) is 0 Å². The third kappa shape index (κ3) is 1.81. The number of aliphatic hydroxyl groups is 1. The Labute approximate surface area is 87.5 Å². The highest BCUT2D eigenvalue weighted by Gasteiger charge is 2.27. The lowest BCUT2D eigenvalue weighted by atomic mass is 10.0. The molecule has 0 saturated carbocycles. The zero-order valence-electron chi connectivity index (χ0n) is 7.94. The van der Waals surface area contributed by atoms with E-state index in [-0.39, 0.29) is 11.9 Å². The predicted molar refractivity (Wildman–Crippen MR) is 54.6 cm³/mol. The number of nitrogens with zero attached hydrogens (tertiary/aromatic N) is 3. The van der Waals surface area contributed by atoms with Crippen LogP contribution in [0.1, 0.15) is 5.69 Å². The van der Waals surface area contributed by atoms with E-state index in [1.54, 1.807) is 0 Å². The molecule has 1 aromatic heterocycles. The normalized spacial score (nSPS) is 16.9. The summed E-state index contributed by atoms with van der Waals surface area (Å²) < 4.78 is 0. The van der Waals surface area contributed by atoms with Crippen molar-refractivity contribution in [3.63, 3.8) is 0 Å². The number of halogens is 1. The Hall–Kier alpha value is -0.870. The molecule has 1 aliphatic heterocycles. The lowest BCUT2D eigenvalue weighted by Crippen LogP contribution is -2.48. The molecule has 1 fully saturated rings. The molecule has 1 N–H and O–H groups in total. The van der Waals surface area contributed by atoms with Crippen LogP contribution in [0.3, 0.4) is 0 Å². The van der Waals surface area contributed by atoms with Gasteiger partial charge in [0.25, 0.3) is 0 Å². The lowest BCUT2D eigenvalue weighted by molar-refractivity contribution is 0.200. The smallest absolute Gasteiger partial charge is 0.224 e. The second-order valence-corrected chi connectivity index (χ2v) is 3.93. The molecule has 1 aromatic rings. The van der Waals surface area contributed by atoms with Gasteiger partial charge in [-0.2, -0.15) is 0 Å². The summed E-state index contributed by atoms with van der Waals surface area (Å²) in [5.74, 6) is 1.23. The number of aromatic nitrogens is 2. The molecule has 5 heteroatoms. The summed E-state index contributed by atoms with van der Waals surface area (Å²) in [5.41, 5.74) is 0.868. The van der Waals surface area contributed by atoms with Gasteiger partial charge in [-0.15, -0.1) is 0 Å². The minimum Gasteiger partial charge on any atom is -0.396 e. The van der Waals surface area contributed by atoms with Crippen LogP contribution in [0.4, 0.5) is 5.82 Å². The van der Waals surface area contributed by atoms with Crippen molar-refractivity contribution in [2.24, 2.45) is 5.92 Å². The maximum atomic E-state index is 8.87. The van der Waals surface area contributed by atoms with Gasteiger partial charge in [0.05, 0.1) is 0 Å². The fourth-order valence-corrected chi connectivity index (χ4v) is 1.77. The first-order valence-corrected chi connectivity index (χ1v) is 4.94. The minimum absolute atomic E-state index is 0.244. The summed E-state index contributed by atoms with van der Waals surface area (Å²) >= 11 is 5.75. The topological polar surface area (TPSA) is 49.2 Å². The maximum Gasteiger partial charge on any atom is 0.224 e. The average Bonchev–Trinajstić information content (AvgIpc) is 2.00. The van der Waals surface area contributed by atoms with Crippen molar-refractivity contribution >= 4 is 17.4 Å². The molecule has 1 saturated heterocycles. The standard InChI is InChI=1S/C9H12ClN3O/c1-6-2-8(12-9(10)11-6)13-3-7(4-13)5-14/h2,7,14H,3-5H2,1H3. The molecule has 0 atom stereocenters. The molecule has 0 amide bonds. The molecule has 4 nitrogen and oxygen atoms in total. The summed E-state index contributed by atoms with van der Waals surface area (Å²) in [6, 6.07) is 1.90. The highest BCUT2D eigenvalue weighted by molar-refractivity contribution is 6.28. The van der Waals surface area contributed by atoms with Crippen LogP contribution in [0, 0.1) is 12.8 Å². The van der Waals surface area contributed by atoms with Crippen LogP contribution in [0.5, 0.6) is 0 Å². The van der Waals surface area contributed by atoms with Crippen LogP contribution in [0.2, 0.25) is 5.28 Å². The fraction of sp³-hybridized carbons (Fsp3) is 0.556. The van der Waals surface area contributed by atoms with E-state index in [9.17, 15) is 0 Å². The quantitative estimate of drug-likeness (QED) is 0.741. The zero-order valence-corrected chi connectivity index (χ0v) is 8.70. The van der Waals surface area contributed by atoms with Gasteiger partial charge in [0, 0.05) is 37.4 Å². The molecule has 0 bridgehead atoms. The first-order valence-electron chi connectivity index (χ1n) is 4.56. The van der Waals surface area contributed by atoms with E-state index in [0.717, 1.165) is 24.6 Å². The van der Waals surface area contributed by atoms with Gasteiger partial charge in [0.1, 0.15) is 5.82 Å². The molecule has 0 unspecified atom stereocenters. The van der Waals surface area contributed by atoms with Crippen molar-refractivity contribution in [1.29, 1.82) is 0 Å². The number of aliphatic hydroxyl groups excluding tert-OH is 1. The van der Waals surface area contributed by atoms with Gasteiger partial charge >= 0.3 is 0 Å². The SMILES string of the molecule is Cc1cc(N2CC(CO)C2)nc(Cl)n1. The number of aryl methyl sites for hydroxylation is 1. The van der Waals surface area contributed by atoms with Crippen molar-refractivity contribution in [2.75, 3.05) is 24.6 Å². The summed E-state index contributed by atoms with van der Waals surface area (Å²) in [6.07, 6.45) is 0. The molecule has 1 aliphatic rings. The van der Waals surface area contributed by atoms with Gasteiger partial charge in [-0.05, 0) is 18.5 Å². The van der Waals surface area contributed by atoms with Crippen molar-refractivity contribution < 1.29 is 5.11 Å². The highest BCUT2D eigenvalue weighted by atomic mass is 35.5. The van der Waals surface area contributed by atoms with E-state index in [1.165, 1.54) is 0 Å². The third-order valence-corrected chi connectivity index (χ3v) is 2.52. The number of hydrogen-bond donors (Lipinski definition) is 1. The van der Waals surface area contributed by atoms with Gasteiger partial charge in [0.2, 0.25) is 5.28 Å². The Bertz CT molecular complexity index is 319. The molecule has 2 heterocycles. The van der Waals surface area contributed by atoms with Crippen LogP contribution in [0.25, 0.3) is 0 Å². The molecule has 0 radical (unpaired) electrons. The van der Waals surface area contributed by atoms with Gasteiger partial charge in [-0.25, -0.2) is 9.97 Å². The molecule has 2 rings (SSSR count). The van der Waals surface area contributed by atoms with E-state index in [0.29, 0.717) is 5.92 Å². The molecular formula is C9H12ClN3O. The van der Waals surface area contributed by atoms with E-state index < -0.39 is 0 Å². The van der Waals surface area contributed by atoms with Gasteiger partial charge < -0.3 is 10.0 Å². The van der Waals surface area contributed by atoms with E-state index in [1.807, 2.05) is 13.0 Å². The van der Waals surface area contributed by atoms with Gasteiger partial charge in [-0.3, -0.25) is 0 Å². The highest BCUT2D eigenvalue weighted by Crippen LogP contribution is 2.23. The summed E-state index contributed by atoms with van der Waals surface area (Å²) in [6.45, 7) is 3.83. The second-order valence-electron chi connectivity index (χ2n) is 3.59. The van der Waals surface area contributed by atoms with Crippen molar-refractivity contribution in [2.45, 2.75) is 6.92 Å². The van der Waals surface area contributed by atoms with Crippen molar-refractivity contribution in [1.82, 2.24) is 9.97 Å². The monoisotopic (exact) mass is 213 g/mol. The summed E-state index contributed by atoms with van der Waals surface area (Å²) in [7, 11) is 0. The average molecular weight is 214 g/mol. The van der Waals surface area contributed by atoms with Crippen LogP contribution in [-0.4, -0.2) is 34.8 Å². The first kappa shape index (κ1) is 9.68. The molecule has 76 valence electrons. The minimum atomic E-state index is 0.244. The summed E-state index contributed by atoms with van der Waals surface area (Å²) in [5, 5.41) is 9.16. The van der Waals surface area contributed by atoms with E-state index in [4.69, 9.17) is 16.7 Å². The van der Waals surface area contributed by atoms with Crippen LogP contribution in [0.15, 0.2) is 6.07 Å². The van der Waals surface area contributed by atoms with Gasteiger partial charge in [0.15, 0.2) is 0 Å². The number of rotatable bonds is 2. The zero-order chi connectivity index (χ0) is 10.1. The Balaban J connectivity index is 2.10. The number of hydrogen-bond acceptors (Lipinski definition) is 4. The Kier molecular flexibility index (Phi) is 2.56. The third-order valence-electron chi connectivity index (χ3n) is 2.35. The molecule has 14 heavy (non-hydrogen) atoms. The van der Waals surface area contributed by atoms with Crippen LogP contribution >= 0.6 is 11.6 Å². The molecular weight excluding hydrogens is 202 g/mol. The van der Waals surface area contributed by atoms with Crippen molar-refractivity contribution in [3.8, 4) is 0 Å². The maximum absolute atomic E-state index is 8.87. The van der Waals surface area contributed by atoms with Crippen LogP contribution in [-0.2, 0) is 0 Å². The summed E-state index contributed by atoms with van der Waals surface area (Å²) in [4.78, 5) is 10.2. The Morgan fingerprint density at radius 2 is 2.29 bits per heavy atom. The predicted octanol–water partition coefficient (Wildman–Crippen LogP) is 0.867. The molecule has 0 aliphatic carbocycles. The Morgan fingerprint density at radius 1 is 1.57 bits per heavy atom. The molecule has 0 aromatic carbocycles. The van der Waals surface area contributed by atoms with Crippen LogP contribution < -0.4 is 4.90 Å². The lowest BCUT2D eigenvalue weighted by Gasteiger charge is -2.39. The Morgan fingerprint density at radius 3 is 2.86 bits per heavy atom. The first-order chi connectivity index (χ1) is 6.69. The fourth-order valence-electron chi connectivity index (χ4n) is 1.55. The van der Waals surface area contributed by atoms with E-state index in [2.05, 4.69) is 14.9 Å². The van der Waals surface area contributed by atoms with Crippen molar-refractivity contribution in [3.05, 3.63) is 17.0 Å². The second kappa shape index (κ2) is 3.71. The molecule has 0 spiro atoms. The largest absolute Gasteiger partial charge is 0.396 e.